The van der Waals surface area contributed by atoms with E-state index in [-0.39, 0.29) is 43.4 Å². The van der Waals surface area contributed by atoms with E-state index in [0.717, 1.165) is 18.2 Å². The zero-order chi connectivity index (χ0) is 26.1. The number of esters is 2. The van der Waals surface area contributed by atoms with Crippen molar-refractivity contribution < 1.29 is 41.9 Å². The number of hydrogen-bond acceptors (Lipinski definition) is 9. The normalized spacial score (nSPS) is 46.2. The minimum Gasteiger partial charge on any atom is -0.462 e. The molecule has 5 aliphatic rings. The number of cyclic esters (lactones) is 1. The summed E-state index contributed by atoms with van der Waals surface area (Å²) in [6.45, 7) is 3.58. The first-order valence-electron chi connectivity index (χ1n) is 13.1. The lowest BCUT2D eigenvalue weighted by molar-refractivity contribution is -0.268. The molecule has 10 heteroatoms. The Labute approximate surface area is 212 Å². The summed E-state index contributed by atoms with van der Waals surface area (Å²) in [5.41, 5.74) is -2.67. The summed E-state index contributed by atoms with van der Waals surface area (Å²) in [5.74, 6) is -0.988. The lowest BCUT2D eigenvalue weighted by Crippen LogP contribution is -2.69. The predicted molar refractivity (Wildman–Crippen MR) is 128 cm³/mol. The van der Waals surface area contributed by atoms with E-state index in [4.69, 9.17) is 13.7 Å². The van der Waals surface area contributed by atoms with Gasteiger partial charge in [-0.2, -0.15) is 8.42 Å². The molecule has 36 heavy (non-hydrogen) atoms. The Bertz CT molecular complexity index is 1080. The van der Waals surface area contributed by atoms with E-state index in [1.54, 1.807) is 6.08 Å². The van der Waals surface area contributed by atoms with Gasteiger partial charge < -0.3 is 19.7 Å². The molecule has 0 spiro atoms. The first kappa shape index (κ1) is 26.1. The molecule has 0 aromatic heterocycles. The molecule has 0 aromatic rings. The molecular formula is C26H38O9S. The van der Waals surface area contributed by atoms with Crippen molar-refractivity contribution in [1.82, 2.24) is 0 Å². The van der Waals surface area contributed by atoms with Gasteiger partial charge in [-0.15, -0.1) is 0 Å². The number of carbonyl (C=O) groups excluding carboxylic acids is 2. The number of rotatable bonds is 5. The van der Waals surface area contributed by atoms with E-state index in [0.29, 0.717) is 44.9 Å². The zero-order valence-corrected chi connectivity index (χ0v) is 22.1. The zero-order valence-electron chi connectivity index (χ0n) is 21.3. The molecule has 1 heterocycles. The van der Waals surface area contributed by atoms with Gasteiger partial charge in [-0.05, 0) is 74.7 Å². The highest BCUT2D eigenvalue weighted by Crippen LogP contribution is 2.70. The highest BCUT2D eigenvalue weighted by Gasteiger charge is 2.71. The molecule has 0 bridgehead atoms. The third-order valence-corrected chi connectivity index (χ3v) is 11.2. The van der Waals surface area contributed by atoms with Gasteiger partial charge in [-0.1, -0.05) is 6.92 Å². The number of fused-ring (bicyclic) bond motifs is 5. The molecule has 8 atom stereocenters. The molecule has 0 saturated heterocycles. The van der Waals surface area contributed by atoms with Gasteiger partial charge in [0.25, 0.3) is 10.1 Å². The third kappa shape index (κ3) is 3.85. The molecule has 4 aliphatic carbocycles. The van der Waals surface area contributed by atoms with Gasteiger partial charge in [0.05, 0.1) is 24.1 Å². The minimum atomic E-state index is -3.76. The van der Waals surface area contributed by atoms with Crippen molar-refractivity contribution in [3.8, 4) is 0 Å². The van der Waals surface area contributed by atoms with Crippen LogP contribution in [-0.2, 0) is 33.4 Å². The maximum atomic E-state index is 12.4. The monoisotopic (exact) mass is 526 g/mol. The third-order valence-electron chi connectivity index (χ3n) is 10.6. The summed E-state index contributed by atoms with van der Waals surface area (Å²) in [7, 11) is -3.76. The van der Waals surface area contributed by atoms with Crippen molar-refractivity contribution in [1.29, 1.82) is 0 Å². The minimum absolute atomic E-state index is 0.0404. The Morgan fingerprint density at radius 2 is 1.83 bits per heavy atom. The van der Waals surface area contributed by atoms with Crippen molar-refractivity contribution in [3.63, 3.8) is 0 Å². The number of hydrogen-bond donors (Lipinski definition) is 2. The van der Waals surface area contributed by atoms with E-state index < -0.39 is 44.2 Å². The maximum Gasteiger partial charge on any atom is 0.331 e. The van der Waals surface area contributed by atoms with Gasteiger partial charge in [-0.25, -0.2) is 4.79 Å². The van der Waals surface area contributed by atoms with E-state index >= 15 is 0 Å². The summed E-state index contributed by atoms with van der Waals surface area (Å²) in [4.78, 5) is 23.4. The van der Waals surface area contributed by atoms with Crippen LogP contribution < -0.4 is 0 Å². The van der Waals surface area contributed by atoms with Crippen LogP contribution >= 0.6 is 0 Å². The highest BCUT2D eigenvalue weighted by atomic mass is 32.2. The quantitative estimate of drug-likeness (QED) is 0.408. The Hall–Kier alpha value is -1.49. The predicted octanol–water partition coefficient (Wildman–Crippen LogP) is 2.25. The van der Waals surface area contributed by atoms with Gasteiger partial charge in [0.1, 0.15) is 12.7 Å². The second-order valence-electron chi connectivity index (χ2n) is 12.2. The Kier molecular flexibility index (Phi) is 6.18. The molecule has 0 radical (unpaired) electrons. The lowest BCUT2D eigenvalue weighted by Gasteiger charge is -2.66. The first-order valence-corrected chi connectivity index (χ1v) is 14.9. The second-order valence-corrected chi connectivity index (χ2v) is 13.8. The summed E-state index contributed by atoms with van der Waals surface area (Å²) in [6, 6.07) is 0. The maximum absolute atomic E-state index is 12.4. The van der Waals surface area contributed by atoms with Crippen LogP contribution in [0.4, 0.5) is 0 Å². The average Bonchev–Trinajstić information content (AvgIpc) is 3.31. The van der Waals surface area contributed by atoms with Gasteiger partial charge >= 0.3 is 11.9 Å². The smallest absolute Gasteiger partial charge is 0.331 e. The molecule has 5 rings (SSSR count). The van der Waals surface area contributed by atoms with Crippen molar-refractivity contribution in [2.75, 3.05) is 19.5 Å². The van der Waals surface area contributed by atoms with Crippen LogP contribution in [-0.4, -0.2) is 67.3 Å². The standard InChI is InChI=1S/C26H38O9S/c1-16(27)35-18-4-9-24(15-34-36(3,31)32)20-5-8-23(2)19(17-12-22(28)33-14-17)7-11-26(23,30)21(20)6-10-25(24,29)13-18/h12,18-21,29-30H,4-11,13-15H2,1-3H3/t18-,19-,20+,21-,23-,24+,25+,26-/m1/s1. The van der Waals surface area contributed by atoms with Gasteiger partial charge in [0.15, 0.2) is 0 Å². The van der Waals surface area contributed by atoms with Crippen molar-refractivity contribution >= 4 is 22.1 Å². The Morgan fingerprint density at radius 3 is 2.47 bits per heavy atom. The lowest BCUT2D eigenvalue weighted by atomic mass is 9.41. The van der Waals surface area contributed by atoms with Crippen molar-refractivity contribution in [3.05, 3.63) is 11.6 Å². The van der Waals surface area contributed by atoms with Crippen LogP contribution in [0.5, 0.6) is 0 Å². The first-order chi connectivity index (χ1) is 16.7. The van der Waals surface area contributed by atoms with E-state index in [1.807, 2.05) is 0 Å². The summed E-state index contributed by atoms with van der Waals surface area (Å²) in [6.07, 6.45) is 7.01. The molecule has 0 unspecified atom stereocenters. The van der Waals surface area contributed by atoms with Crippen LogP contribution in [0.25, 0.3) is 0 Å². The van der Waals surface area contributed by atoms with Crippen LogP contribution in [0.3, 0.4) is 0 Å². The molecule has 0 aromatic carbocycles. The molecule has 9 nitrogen and oxygen atoms in total. The van der Waals surface area contributed by atoms with E-state index in [2.05, 4.69) is 6.92 Å². The molecular weight excluding hydrogens is 488 g/mol. The van der Waals surface area contributed by atoms with Crippen LogP contribution in [0.2, 0.25) is 0 Å². The topological polar surface area (TPSA) is 136 Å². The fourth-order valence-corrected chi connectivity index (χ4v) is 9.44. The van der Waals surface area contributed by atoms with Gasteiger partial charge in [0.2, 0.25) is 0 Å². The molecule has 0 amide bonds. The number of aliphatic hydroxyl groups is 2. The molecule has 4 fully saturated rings. The SMILES string of the molecule is CC(=O)O[C@@H]1CC[C@]2(COS(C)(=O)=O)[C@H]3CC[C@]4(C)[C@@H](C5=CC(=O)OC5)CC[C@@]4(O)[C@@H]3CC[C@]2(O)C1. The Balaban J connectivity index is 1.50. The molecule has 202 valence electrons. The van der Waals surface area contributed by atoms with Crippen LogP contribution in [0, 0.1) is 28.6 Å². The fourth-order valence-electron chi connectivity index (χ4n) is 9.02. The fraction of sp³-hybridized carbons (Fsp3) is 0.846. The van der Waals surface area contributed by atoms with Gasteiger partial charge in [-0.3, -0.25) is 8.98 Å². The van der Waals surface area contributed by atoms with Crippen molar-refractivity contribution in [2.45, 2.75) is 88.9 Å². The summed E-state index contributed by atoms with van der Waals surface area (Å²) >= 11 is 0. The molecule has 1 aliphatic heterocycles. The van der Waals surface area contributed by atoms with Crippen LogP contribution in [0.15, 0.2) is 11.6 Å². The second kappa shape index (κ2) is 8.51. The molecule has 2 N–H and O–H groups in total. The van der Waals surface area contributed by atoms with E-state index in [9.17, 15) is 28.2 Å². The average molecular weight is 527 g/mol. The van der Waals surface area contributed by atoms with Crippen molar-refractivity contribution in [2.24, 2.45) is 28.6 Å². The van der Waals surface area contributed by atoms with E-state index in [1.165, 1.54) is 6.92 Å². The molecule has 4 saturated carbocycles. The number of ether oxygens (including phenoxy) is 2. The number of carbonyl (C=O) groups is 2. The highest BCUT2D eigenvalue weighted by molar-refractivity contribution is 7.85. The van der Waals surface area contributed by atoms with Crippen LogP contribution in [0.1, 0.15) is 71.6 Å². The Morgan fingerprint density at radius 1 is 1.11 bits per heavy atom. The largest absolute Gasteiger partial charge is 0.462 e. The summed E-state index contributed by atoms with van der Waals surface area (Å²) in [5, 5.41) is 24.5. The van der Waals surface area contributed by atoms with Gasteiger partial charge in [0, 0.05) is 30.3 Å². The summed E-state index contributed by atoms with van der Waals surface area (Å²) < 4.78 is 40.2.